The van der Waals surface area contributed by atoms with Gasteiger partial charge in [0.25, 0.3) is 0 Å². The van der Waals surface area contributed by atoms with E-state index in [2.05, 4.69) is 15.0 Å². The quantitative estimate of drug-likeness (QED) is 0.627. The molecule has 0 unspecified atom stereocenters. The Morgan fingerprint density at radius 1 is 1.12 bits per heavy atom. The van der Waals surface area contributed by atoms with Crippen LogP contribution in [0, 0.1) is 11.6 Å². The lowest BCUT2D eigenvalue weighted by atomic mass is 10.1. The maximum absolute atomic E-state index is 14.6. The summed E-state index contributed by atoms with van der Waals surface area (Å²) in [5.41, 5.74) is 0.840. The van der Waals surface area contributed by atoms with Crippen LogP contribution in [-0.4, -0.2) is 19.5 Å². The normalized spacial score (nSPS) is 12.1. The zero-order valence-electron chi connectivity index (χ0n) is 13.9. The van der Waals surface area contributed by atoms with Gasteiger partial charge in [-0.25, -0.2) is 23.7 Å². The number of imidazole rings is 1. The predicted octanol–water partition coefficient (Wildman–Crippen LogP) is 4.74. The molecule has 0 bridgehead atoms. The van der Waals surface area contributed by atoms with Crippen molar-refractivity contribution < 1.29 is 8.78 Å². The zero-order valence-corrected chi connectivity index (χ0v) is 14.6. The average Bonchev–Trinajstić information content (AvgIpc) is 2.89. The minimum absolute atomic E-state index is 0.0319. The van der Waals surface area contributed by atoms with Gasteiger partial charge in [-0.1, -0.05) is 6.92 Å². The van der Waals surface area contributed by atoms with Crippen LogP contribution < -0.4 is 0 Å². The predicted molar refractivity (Wildman–Crippen MR) is 90.1 cm³/mol. The molecule has 0 atom stereocenters. The van der Waals surface area contributed by atoms with E-state index in [0.717, 1.165) is 12.0 Å². The zero-order chi connectivity index (χ0) is 17.6. The molecule has 1 aromatic carbocycles. The molecule has 0 aliphatic heterocycles. The molecular formula is C17H17ClF2N4. The molecule has 0 saturated heterocycles. The van der Waals surface area contributed by atoms with Crippen LogP contribution in [0.5, 0.6) is 0 Å². The SMILES string of the molecule is CCc1nc2c(F)cc(-c3nc(Cl)ncc3F)cc2n1C(C)(C)C. The summed E-state index contributed by atoms with van der Waals surface area (Å²) in [6.07, 6.45) is 1.64. The molecule has 0 fully saturated rings. The number of benzene rings is 1. The monoisotopic (exact) mass is 350 g/mol. The van der Waals surface area contributed by atoms with E-state index in [1.54, 1.807) is 6.07 Å². The minimum Gasteiger partial charge on any atom is -0.322 e. The highest BCUT2D eigenvalue weighted by molar-refractivity contribution is 6.28. The minimum atomic E-state index is -0.657. The summed E-state index contributed by atoms with van der Waals surface area (Å²) in [6, 6.07) is 2.92. The van der Waals surface area contributed by atoms with Gasteiger partial charge >= 0.3 is 0 Å². The Balaban J connectivity index is 2.35. The molecule has 0 spiro atoms. The first kappa shape index (κ1) is 16.8. The molecular weight excluding hydrogens is 334 g/mol. The van der Waals surface area contributed by atoms with Gasteiger partial charge < -0.3 is 4.57 Å². The first-order valence-corrected chi connectivity index (χ1v) is 8.00. The molecule has 0 aliphatic carbocycles. The van der Waals surface area contributed by atoms with Crippen molar-refractivity contribution in [1.29, 1.82) is 0 Å². The summed E-state index contributed by atoms with van der Waals surface area (Å²) in [5.74, 6) is -0.403. The first-order chi connectivity index (χ1) is 11.2. The first-order valence-electron chi connectivity index (χ1n) is 7.62. The molecule has 2 heterocycles. The van der Waals surface area contributed by atoms with E-state index < -0.39 is 11.6 Å². The molecule has 3 rings (SSSR count). The summed E-state index contributed by atoms with van der Waals surface area (Å²) in [5, 5.41) is -0.0921. The lowest BCUT2D eigenvalue weighted by molar-refractivity contribution is 0.395. The molecule has 0 N–H and O–H groups in total. The number of hydrogen-bond acceptors (Lipinski definition) is 3. The topological polar surface area (TPSA) is 43.6 Å². The second-order valence-corrected chi connectivity index (χ2v) is 6.89. The summed E-state index contributed by atoms with van der Waals surface area (Å²) < 4.78 is 30.6. The van der Waals surface area contributed by atoms with E-state index in [0.29, 0.717) is 17.5 Å². The summed E-state index contributed by atoms with van der Waals surface area (Å²) in [4.78, 5) is 11.9. The molecule has 2 aromatic heterocycles. The van der Waals surface area contributed by atoms with E-state index in [1.807, 2.05) is 32.3 Å². The van der Waals surface area contributed by atoms with Gasteiger partial charge in [0.1, 0.15) is 17.0 Å². The summed E-state index contributed by atoms with van der Waals surface area (Å²) in [7, 11) is 0. The lowest BCUT2D eigenvalue weighted by Crippen LogP contribution is -2.23. The number of nitrogens with zero attached hydrogens (tertiary/aromatic N) is 4. The Hall–Kier alpha value is -2.08. The van der Waals surface area contributed by atoms with Crippen molar-refractivity contribution in [1.82, 2.24) is 19.5 Å². The van der Waals surface area contributed by atoms with Crippen LogP contribution in [0.3, 0.4) is 0 Å². The Kier molecular flexibility index (Phi) is 4.03. The van der Waals surface area contributed by atoms with Crippen molar-refractivity contribution in [2.75, 3.05) is 0 Å². The van der Waals surface area contributed by atoms with Crippen LogP contribution in [-0.2, 0) is 12.0 Å². The third-order valence-electron chi connectivity index (χ3n) is 3.76. The smallest absolute Gasteiger partial charge is 0.223 e. The number of aryl methyl sites for hydroxylation is 1. The van der Waals surface area contributed by atoms with Gasteiger partial charge in [-0.15, -0.1) is 0 Å². The molecule has 3 aromatic rings. The number of halogens is 3. The van der Waals surface area contributed by atoms with Crippen molar-refractivity contribution in [3.63, 3.8) is 0 Å². The number of hydrogen-bond donors (Lipinski definition) is 0. The number of aromatic nitrogens is 4. The van der Waals surface area contributed by atoms with Gasteiger partial charge in [-0.05, 0) is 44.5 Å². The highest BCUT2D eigenvalue weighted by Gasteiger charge is 2.23. The summed E-state index contributed by atoms with van der Waals surface area (Å²) >= 11 is 5.75. The highest BCUT2D eigenvalue weighted by atomic mass is 35.5. The summed E-state index contributed by atoms with van der Waals surface area (Å²) in [6.45, 7) is 8.01. The third kappa shape index (κ3) is 2.75. The van der Waals surface area contributed by atoms with Crippen LogP contribution in [0.4, 0.5) is 8.78 Å². The van der Waals surface area contributed by atoms with Gasteiger partial charge in [0.15, 0.2) is 11.6 Å². The van der Waals surface area contributed by atoms with Gasteiger partial charge in [-0.3, -0.25) is 0 Å². The fraction of sp³-hybridized carbons (Fsp3) is 0.353. The van der Waals surface area contributed by atoms with Crippen LogP contribution in [0.25, 0.3) is 22.3 Å². The van der Waals surface area contributed by atoms with Crippen LogP contribution >= 0.6 is 11.6 Å². The second kappa shape index (κ2) is 5.77. The van der Waals surface area contributed by atoms with E-state index in [4.69, 9.17) is 11.6 Å². The highest BCUT2D eigenvalue weighted by Crippen LogP contribution is 2.32. The van der Waals surface area contributed by atoms with Crippen molar-refractivity contribution >= 4 is 22.6 Å². The standard InChI is InChI=1S/C17H17ClF2N4/c1-5-13-22-15-10(19)6-9(7-12(15)24(13)17(2,3)4)14-11(20)8-21-16(18)23-14/h6-8H,5H2,1-4H3. The van der Waals surface area contributed by atoms with Gasteiger partial charge in [0, 0.05) is 17.5 Å². The van der Waals surface area contributed by atoms with Gasteiger partial charge in [-0.2, -0.15) is 0 Å². The Morgan fingerprint density at radius 3 is 2.46 bits per heavy atom. The molecule has 24 heavy (non-hydrogen) atoms. The van der Waals surface area contributed by atoms with Gasteiger partial charge in [0.05, 0.1) is 11.7 Å². The van der Waals surface area contributed by atoms with E-state index in [-0.39, 0.29) is 22.0 Å². The van der Waals surface area contributed by atoms with Crippen LogP contribution in [0.1, 0.15) is 33.5 Å². The van der Waals surface area contributed by atoms with Crippen molar-refractivity contribution in [3.05, 3.63) is 41.1 Å². The van der Waals surface area contributed by atoms with Crippen LogP contribution in [0.15, 0.2) is 18.3 Å². The maximum atomic E-state index is 14.6. The number of fused-ring (bicyclic) bond motifs is 1. The molecule has 0 saturated carbocycles. The van der Waals surface area contributed by atoms with Crippen LogP contribution in [0.2, 0.25) is 5.28 Å². The largest absolute Gasteiger partial charge is 0.322 e. The molecule has 0 amide bonds. The average molecular weight is 351 g/mol. The fourth-order valence-corrected chi connectivity index (χ4v) is 2.99. The molecule has 7 heteroatoms. The van der Waals surface area contributed by atoms with E-state index in [9.17, 15) is 8.78 Å². The lowest BCUT2D eigenvalue weighted by Gasteiger charge is -2.24. The molecule has 126 valence electrons. The Bertz CT molecular complexity index is 928. The van der Waals surface area contributed by atoms with E-state index in [1.165, 1.54) is 6.07 Å². The Labute approximate surface area is 143 Å². The molecule has 4 nitrogen and oxygen atoms in total. The van der Waals surface area contributed by atoms with Gasteiger partial charge in [0.2, 0.25) is 5.28 Å². The third-order valence-corrected chi connectivity index (χ3v) is 3.94. The maximum Gasteiger partial charge on any atom is 0.223 e. The molecule has 0 aliphatic rings. The fourth-order valence-electron chi connectivity index (χ4n) is 2.85. The number of rotatable bonds is 2. The Morgan fingerprint density at radius 2 is 1.83 bits per heavy atom. The second-order valence-electron chi connectivity index (χ2n) is 6.55. The van der Waals surface area contributed by atoms with Crippen molar-refractivity contribution in [2.45, 2.75) is 39.7 Å². The van der Waals surface area contributed by atoms with Crippen molar-refractivity contribution in [2.24, 2.45) is 0 Å². The van der Waals surface area contributed by atoms with Crippen molar-refractivity contribution in [3.8, 4) is 11.3 Å². The molecule has 0 radical (unpaired) electrons. The van der Waals surface area contributed by atoms with E-state index >= 15 is 0 Å².